The van der Waals surface area contributed by atoms with Gasteiger partial charge in [-0.3, -0.25) is 9.59 Å². The van der Waals surface area contributed by atoms with Gasteiger partial charge in [-0.25, -0.2) is 4.39 Å². The SMILES string of the molecule is COCC(NC(C)=O)C(=O)NCc1ccc(Oc2ccc(F)cc2)cc1. The van der Waals surface area contributed by atoms with Gasteiger partial charge in [0.05, 0.1) is 6.61 Å². The van der Waals surface area contributed by atoms with Gasteiger partial charge in [0.2, 0.25) is 11.8 Å². The van der Waals surface area contributed by atoms with E-state index in [0.717, 1.165) is 5.56 Å². The molecule has 0 spiro atoms. The molecule has 2 amide bonds. The minimum atomic E-state index is -0.737. The molecule has 0 aromatic heterocycles. The van der Waals surface area contributed by atoms with Gasteiger partial charge >= 0.3 is 0 Å². The Bertz CT molecular complexity index is 732. The molecular formula is C19H21FN2O4. The minimum absolute atomic E-state index is 0.0931. The van der Waals surface area contributed by atoms with Crippen molar-refractivity contribution in [3.63, 3.8) is 0 Å². The van der Waals surface area contributed by atoms with Crippen molar-refractivity contribution in [2.75, 3.05) is 13.7 Å². The Labute approximate surface area is 151 Å². The number of amides is 2. The highest BCUT2D eigenvalue weighted by Crippen LogP contribution is 2.21. The normalized spacial score (nSPS) is 11.5. The molecule has 0 saturated heterocycles. The van der Waals surface area contributed by atoms with Crippen LogP contribution in [0.25, 0.3) is 0 Å². The Morgan fingerprint density at radius 1 is 1.04 bits per heavy atom. The summed E-state index contributed by atoms with van der Waals surface area (Å²) in [5, 5.41) is 5.28. The van der Waals surface area contributed by atoms with Crippen LogP contribution >= 0.6 is 0 Å². The summed E-state index contributed by atoms with van der Waals surface area (Å²) in [6.07, 6.45) is 0. The van der Waals surface area contributed by atoms with Crippen LogP contribution in [-0.4, -0.2) is 31.6 Å². The summed E-state index contributed by atoms with van der Waals surface area (Å²) >= 11 is 0. The zero-order chi connectivity index (χ0) is 18.9. The van der Waals surface area contributed by atoms with Crippen molar-refractivity contribution < 1.29 is 23.5 Å². The van der Waals surface area contributed by atoms with E-state index in [2.05, 4.69) is 10.6 Å². The van der Waals surface area contributed by atoms with Crippen LogP contribution in [0.1, 0.15) is 12.5 Å². The first-order valence-corrected chi connectivity index (χ1v) is 8.04. The lowest BCUT2D eigenvalue weighted by molar-refractivity contribution is -0.129. The molecule has 0 saturated carbocycles. The fourth-order valence-corrected chi connectivity index (χ4v) is 2.22. The second-order valence-corrected chi connectivity index (χ2v) is 5.63. The van der Waals surface area contributed by atoms with E-state index in [1.807, 2.05) is 12.1 Å². The average molecular weight is 360 g/mol. The summed E-state index contributed by atoms with van der Waals surface area (Å²) in [7, 11) is 1.46. The Balaban J connectivity index is 1.88. The Morgan fingerprint density at radius 2 is 1.62 bits per heavy atom. The molecule has 0 heterocycles. The van der Waals surface area contributed by atoms with Crippen molar-refractivity contribution in [2.45, 2.75) is 19.5 Å². The maximum Gasteiger partial charge on any atom is 0.245 e. The predicted octanol–water partition coefficient (Wildman–Crippen LogP) is 2.39. The van der Waals surface area contributed by atoms with Gasteiger partial charge in [-0.1, -0.05) is 12.1 Å². The highest BCUT2D eigenvalue weighted by Gasteiger charge is 2.18. The van der Waals surface area contributed by atoms with Gasteiger partial charge in [0.15, 0.2) is 0 Å². The number of benzene rings is 2. The number of hydrogen-bond donors (Lipinski definition) is 2. The average Bonchev–Trinajstić information content (AvgIpc) is 2.62. The van der Waals surface area contributed by atoms with Gasteiger partial charge in [0, 0.05) is 20.6 Å². The molecule has 7 heteroatoms. The molecule has 0 bridgehead atoms. The van der Waals surface area contributed by atoms with Crippen LogP contribution in [0.3, 0.4) is 0 Å². The number of halogens is 1. The zero-order valence-corrected chi connectivity index (χ0v) is 14.6. The molecule has 6 nitrogen and oxygen atoms in total. The molecule has 0 aliphatic rings. The van der Waals surface area contributed by atoms with Crippen molar-refractivity contribution in [3.8, 4) is 11.5 Å². The van der Waals surface area contributed by atoms with E-state index in [1.54, 1.807) is 24.3 Å². The lowest BCUT2D eigenvalue weighted by Gasteiger charge is -2.16. The maximum atomic E-state index is 12.9. The first-order valence-electron chi connectivity index (χ1n) is 8.04. The fourth-order valence-electron chi connectivity index (χ4n) is 2.22. The van der Waals surface area contributed by atoms with Crippen molar-refractivity contribution >= 4 is 11.8 Å². The van der Waals surface area contributed by atoms with Crippen LogP contribution < -0.4 is 15.4 Å². The number of ether oxygens (including phenoxy) is 2. The van der Waals surface area contributed by atoms with Gasteiger partial charge in [-0.15, -0.1) is 0 Å². The second-order valence-electron chi connectivity index (χ2n) is 5.63. The molecule has 2 N–H and O–H groups in total. The maximum absolute atomic E-state index is 12.9. The molecule has 2 rings (SSSR count). The third kappa shape index (κ3) is 6.18. The lowest BCUT2D eigenvalue weighted by atomic mass is 10.2. The topological polar surface area (TPSA) is 76.7 Å². The monoisotopic (exact) mass is 360 g/mol. The fraction of sp³-hybridized carbons (Fsp3) is 0.263. The van der Waals surface area contributed by atoms with Crippen LogP contribution in [-0.2, 0) is 20.9 Å². The van der Waals surface area contributed by atoms with Gasteiger partial charge in [0.25, 0.3) is 0 Å². The second kappa shape index (κ2) is 9.53. The van der Waals surface area contributed by atoms with E-state index < -0.39 is 6.04 Å². The quantitative estimate of drug-likeness (QED) is 0.758. The summed E-state index contributed by atoms with van der Waals surface area (Å²) in [5.41, 5.74) is 0.865. The summed E-state index contributed by atoms with van der Waals surface area (Å²) in [6, 6.07) is 12.1. The first kappa shape index (κ1) is 19.4. The van der Waals surface area contributed by atoms with Gasteiger partial charge in [0.1, 0.15) is 23.4 Å². The molecule has 0 aliphatic carbocycles. The van der Waals surface area contributed by atoms with Crippen LogP contribution in [0.5, 0.6) is 11.5 Å². The molecule has 1 unspecified atom stereocenters. The van der Waals surface area contributed by atoms with Crippen molar-refractivity contribution in [1.29, 1.82) is 0 Å². The van der Waals surface area contributed by atoms with Gasteiger partial charge in [-0.2, -0.15) is 0 Å². The highest BCUT2D eigenvalue weighted by molar-refractivity contribution is 5.86. The number of nitrogens with one attached hydrogen (secondary N) is 2. The van der Waals surface area contributed by atoms with E-state index >= 15 is 0 Å². The van der Waals surface area contributed by atoms with E-state index in [9.17, 15) is 14.0 Å². The number of rotatable bonds is 8. The van der Waals surface area contributed by atoms with E-state index in [4.69, 9.17) is 9.47 Å². The molecule has 26 heavy (non-hydrogen) atoms. The molecule has 2 aromatic rings. The summed E-state index contributed by atoms with van der Waals surface area (Å²) in [5.74, 6) is 0.181. The number of hydrogen-bond acceptors (Lipinski definition) is 4. The van der Waals surface area contributed by atoms with E-state index in [-0.39, 0.29) is 24.2 Å². The predicted molar refractivity (Wildman–Crippen MR) is 94.2 cm³/mol. The number of carbonyl (C=O) groups excluding carboxylic acids is 2. The Hall–Kier alpha value is -2.93. The van der Waals surface area contributed by atoms with E-state index in [0.29, 0.717) is 18.0 Å². The summed E-state index contributed by atoms with van der Waals surface area (Å²) in [6.45, 7) is 1.74. The zero-order valence-electron chi connectivity index (χ0n) is 14.6. The Kier molecular flexibility index (Phi) is 7.11. The molecule has 1 atom stereocenters. The van der Waals surface area contributed by atoms with Gasteiger partial charge < -0.3 is 20.1 Å². The summed E-state index contributed by atoms with van der Waals surface area (Å²) in [4.78, 5) is 23.2. The molecule has 0 radical (unpaired) electrons. The standard InChI is InChI=1S/C19H21FN2O4/c1-13(23)22-18(12-25-2)19(24)21-11-14-3-7-16(8-4-14)26-17-9-5-15(20)6-10-17/h3-10,18H,11-12H2,1-2H3,(H,21,24)(H,22,23). The Morgan fingerprint density at radius 3 is 2.15 bits per heavy atom. The van der Waals surface area contributed by atoms with E-state index in [1.165, 1.54) is 26.2 Å². The number of methoxy groups -OCH3 is 1. The van der Waals surface area contributed by atoms with Crippen LogP contribution in [0.15, 0.2) is 48.5 Å². The molecule has 0 aliphatic heterocycles. The van der Waals surface area contributed by atoms with Gasteiger partial charge in [-0.05, 0) is 42.0 Å². The summed E-state index contributed by atoms with van der Waals surface area (Å²) < 4.78 is 23.4. The van der Waals surface area contributed by atoms with Crippen LogP contribution in [0, 0.1) is 5.82 Å². The smallest absolute Gasteiger partial charge is 0.245 e. The minimum Gasteiger partial charge on any atom is -0.457 e. The molecular weight excluding hydrogens is 339 g/mol. The van der Waals surface area contributed by atoms with Crippen molar-refractivity contribution in [2.24, 2.45) is 0 Å². The van der Waals surface area contributed by atoms with Crippen molar-refractivity contribution in [1.82, 2.24) is 10.6 Å². The highest BCUT2D eigenvalue weighted by atomic mass is 19.1. The molecule has 138 valence electrons. The largest absolute Gasteiger partial charge is 0.457 e. The third-order valence-electron chi connectivity index (χ3n) is 3.47. The van der Waals surface area contributed by atoms with Crippen LogP contribution in [0.4, 0.5) is 4.39 Å². The van der Waals surface area contributed by atoms with Crippen molar-refractivity contribution in [3.05, 3.63) is 59.9 Å². The molecule has 2 aromatic carbocycles. The first-order chi connectivity index (χ1) is 12.5. The lowest BCUT2D eigenvalue weighted by Crippen LogP contribution is -2.48. The number of carbonyl (C=O) groups is 2. The third-order valence-corrected chi connectivity index (χ3v) is 3.47. The van der Waals surface area contributed by atoms with Crippen LogP contribution in [0.2, 0.25) is 0 Å². The molecule has 0 fully saturated rings.